The zero-order valence-electron chi connectivity index (χ0n) is 6.59. The fourth-order valence-corrected chi connectivity index (χ4v) is 1.18. The first-order valence-corrected chi connectivity index (χ1v) is 3.60. The van der Waals surface area contributed by atoms with Gasteiger partial charge in [-0.05, 0) is 31.4 Å². The van der Waals surface area contributed by atoms with Crippen molar-refractivity contribution >= 4 is 0 Å². The van der Waals surface area contributed by atoms with E-state index < -0.39 is 0 Å². The fraction of sp³-hybridized carbons (Fsp3) is 0.333. The second-order valence-corrected chi connectivity index (χ2v) is 2.63. The molecule has 11 heavy (non-hydrogen) atoms. The Balaban J connectivity index is 2.95. The maximum atomic E-state index is 9.21. The van der Waals surface area contributed by atoms with E-state index in [0.717, 1.165) is 24.0 Å². The Bertz CT molecular complexity index is 242. The van der Waals surface area contributed by atoms with Crippen molar-refractivity contribution in [2.75, 3.05) is 0 Å². The molecule has 0 bridgehead atoms. The Morgan fingerprint density at radius 2 is 1.91 bits per heavy atom. The average molecular weight is 152 g/mol. The summed E-state index contributed by atoms with van der Waals surface area (Å²) < 4.78 is 0. The maximum Gasteiger partial charge on any atom is 0.118 e. The van der Waals surface area contributed by atoms with Gasteiger partial charge in [0.2, 0.25) is 0 Å². The fourth-order valence-electron chi connectivity index (χ4n) is 1.18. The van der Waals surface area contributed by atoms with E-state index in [0.29, 0.717) is 5.76 Å². The lowest BCUT2D eigenvalue weighted by Gasteiger charge is -2.22. The summed E-state index contributed by atoms with van der Waals surface area (Å²) in [7, 11) is 0. The molecule has 1 fully saturated rings. The Morgan fingerprint density at radius 1 is 1.36 bits per heavy atom. The highest BCUT2D eigenvalue weighted by Gasteiger charge is 2.21. The molecule has 0 unspecified atom stereocenters. The summed E-state index contributed by atoms with van der Waals surface area (Å²) in [5.41, 5.74) is 1.70. The minimum Gasteiger partial charge on any atom is -0.512 e. The standard InChI is InChI=1S/C9H12O2/c1-3-9(11)8-5-4-7(8)6(2)10/h3,10-11H,1,4-5H2,2H3/b7-6+,9-8+. The number of hydrogen-bond donors (Lipinski definition) is 2. The van der Waals surface area contributed by atoms with E-state index in [9.17, 15) is 5.11 Å². The second-order valence-electron chi connectivity index (χ2n) is 2.63. The van der Waals surface area contributed by atoms with Gasteiger partial charge in [0, 0.05) is 5.57 Å². The summed E-state index contributed by atoms with van der Waals surface area (Å²) in [4.78, 5) is 0. The predicted octanol–water partition coefficient (Wildman–Crippen LogP) is 2.61. The highest BCUT2D eigenvalue weighted by atomic mass is 16.3. The van der Waals surface area contributed by atoms with Crippen molar-refractivity contribution in [3.05, 3.63) is 35.3 Å². The largest absolute Gasteiger partial charge is 0.512 e. The molecule has 1 saturated carbocycles. The average Bonchev–Trinajstić information content (AvgIpc) is 1.83. The Kier molecular flexibility index (Phi) is 2.03. The Morgan fingerprint density at radius 3 is 2.18 bits per heavy atom. The number of rotatable bonds is 1. The van der Waals surface area contributed by atoms with Crippen molar-refractivity contribution in [3.8, 4) is 0 Å². The van der Waals surface area contributed by atoms with Crippen LogP contribution in [0.5, 0.6) is 0 Å². The van der Waals surface area contributed by atoms with Crippen LogP contribution in [0.2, 0.25) is 0 Å². The first kappa shape index (κ1) is 7.92. The molecule has 0 aromatic carbocycles. The molecule has 0 amide bonds. The third-order valence-corrected chi connectivity index (χ3v) is 1.93. The molecular formula is C9H12O2. The smallest absolute Gasteiger partial charge is 0.118 e. The van der Waals surface area contributed by atoms with Crippen molar-refractivity contribution in [1.29, 1.82) is 0 Å². The van der Waals surface area contributed by atoms with E-state index in [2.05, 4.69) is 6.58 Å². The van der Waals surface area contributed by atoms with Gasteiger partial charge in [0.25, 0.3) is 0 Å². The van der Waals surface area contributed by atoms with E-state index in [4.69, 9.17) is 5.11 Å². The molecule has 0 aromatic heterocycles. The quantitative estimate of drug-likeness (QED) is 0.567. The van der Waals surface area contributed by atoms with Crippen LogP contribution in [0.25, 0.3) is 0 Å². The summed E-state index contributed by atoms with van der Waals surface area (Å²) in [5, 5.41) is 18.3. The van der Waals surface area contributed by atoms with E-state index in [1.165, 1.54) is 6.08 Å². The third kappa shape index (κ3) is 1.29. The van der Waals surface area contributed by atoms with Crippen LogP contribution in [0, 0.1) is 0 Å². The van der Waals surface area contributed by atoms with Crippen molar-refractivity contribution in [1.82, 2.24) is 0 Å². The van der Waals surface area contributed by atoms with Crippen LogP contribution in [0.15, 0.2) is 35.3 Å². The normalized spacial score (nSPS) is 25.5. The van der Waals surface area contributed by atoms with Gasteiger partial charge in [-0.3, -0.25) is 0 Å². The van der Waals surface area contributed by atoms with Gasteiger partial charge >= 0.3 is 0 Å². The molecule has 0 heterocycles. The van der Waals surface area contributed by atoms with Gasteiger partial charge in [-0.15, -0.1) is 0 Å². The first-order chi connectivity index (χ1) is 5.16. The summed E-state index contributed by atoms with van der Waals surface area (Å²) in [6.07, 6.45) is 3.10. The van der Waals surface area contributed by atoms with E-state index in [-0.39, 0.29) is 5.76 Å². The van der Waals surface area contributed by atoms with E-state index >= 15 is 0 Å². The number of aliphatic hydroxyl groups excluding tert-OH is 2. The molecule has 2 nitrogen and oxygen atoms in total. The Labute approximate surface area is 66.2 Å². The topological polar surface area (TPSA) is 40.5 Å². The lowest BCUT2D eigenvalue weighted by molar-refractivity contribution is 0.389. The van der Waals surface area contributed by atoms with Crippen LogP contribution in [0.3, 0.4) is 0 Å². The predicted molar refractivity (Wildman–Crippen MR) is 44.4 cm³/mol. The molecule has 0 aliphatic heterocycles. The van der Waals surface area contributed by atoms with Crippen molar-refractivity contribution in [2.24, 2.45) is 0 Å². The van der Waals surface area contributed by atoms with Crippen molar-refractivity contribution in [2.45, 2.75) is 19.8 Å². The molecule has 1 aliphatic carbocycles. The molecule has 60 valence electrons. The zero-order chi connectivity index (χ0) is 8.43. The summed E-state index contributed by atoms with van der Waals surface area (Å²) in [5.74, 6) is 0.499. The van der Waals surface area contributed by atoms with Crippen LogP contribution >= 0.6 is 0 Å². The van der Waals surface area contributed by atoms with Crippen molar-refractivity contribution < 1.29 is 10.2 Å². The van der Waals surface area contributed by atoms with Gasteiger partial charge in [-0.1, -0.05) is 6.58 Å². The van der Waals surface area contributed by atoms with Crippen molar-refractivity contribution in [3.63, 3.8) is 0 Å². The van der Waals surface area contributed by atoms with Gasteiger partial charge in [-0.25, -0.2) is 0 Å². The molecule has 0 radical (unpaired) electrons. The molecule has 1 aliphatic rings. The van der Waals surface area contributed by atoms with E-state index in [1.807, 2.05) is 0 Å². The molecule has 2 N–H and O–H groups in total. The van der Waals surface area contributed by atoms with E-state index in [1.54, 1.807) is 6.92 Å². The number of aliphatic hydroxyl groups is 2. The molecule has 0 spiro atoms. The maximum absolute atomic E-state index is 9.21. The first-order valence-electron chi connectivity index (χ1n) is 3.60. The Hall–Kier alpha value is -1.18. The highest BCUT2D eigenvalue weighted by molar-refractivity contribution is 5.44. The monoisotopic (exact) mass is 152 g/mol. The van der Waals surface area contributed by atoms with Gasteiger partial charge in [0.1, 0.15) is 5.76 Å². The number of allylic oxidation sites excluding steroid dienone is 4. The minimum absolute atomic E-state index is 0.194. The summed E-state index contributed by atoms with van der Waals surface area (Å²) in [6.45, 7) is 5.08. The minimum atomic E-state index is 0.194. The van der Waals surface area contributed by atoms with Crippen LogP contribution < -0.4 is 0 Å². The summed E-state index contributed by atoms with van der Waals surface area (Å²) >= 11 is 0. The van der Waals surface area contributed by atoms with Gasteiger partial charge in [-0.2, -0.15) is 0 Å². The molecule has 1 rings (SSSR count). The molecule has 0 atom stereocenters. The molecule has 0 aromatic rings. The molecule has 2 heteroatoms. The SMILES string of the molecule is C=C/C(O)=C1/CC/C1=C(/C)O. The lowest BCUT2D eigenvalue weighted by atomic mass is 9.84. The highest BCUT2D eigenvalue weighted by Crippen LogP contribution is 2.36. The second kappa shape index (κ2) is 2.82. The van der Waals surface area contributed by atoms with Crippen LogP contribution in [0.1, 0.15) is 19.8 Å². The summed E-state index contributed by atoms with van der Waals surface area (Å²) in [6, 6.07) is 0. The van der Waals surface area contributed by atoms with Crippen LogP contribution in [-0.2, 0) is 0 Å². The van der Waals surface area contributed by atoms with Gasteiger partial charge in [0.05, 0.1) is 5.76 Å². The van der Waals surface area contributed by atoms with Gasteiger partial charge in [0.15, 0.2) is 0 Å². The van der Waals surface area contributed by atoms with Crippen LogP contribution in [0.4, 0.5) is 0 Å². The lowest BCUT2D eigenvalue weighted by Crippen LogP contribution is -2.08. The molecular weight excluding hydrogens is 140 g/mol. The van der Waals surface area contributed by atoms with Gasteiger partial charge < -0.3 is 10.2 Å². The number of hydrogen-bond acceptors (Lipinski definition) is 2. The third-order valence-electron chi connectivity index (χ3n) is 1.93. The zero-order valence-corrected chi connectivity index (χ0v) is 6.59. The van der Waals surface area contributed by atoms with Crippen LogP contribution in [-0.4, -0.2) is 10.2 Å². The molecule has 0 saturated heterocycles.